The molecule has 0 bridgehead atoms. The van der Waals surface area contributed by atoms with Gasteiger partial charge in [0.05, 0.1) is 0 Å². The first kappa shape index (κ1) is 11.9. The Bertz CT molecular complexity index is 236. The summed E-state index contributed by atoms with van der Waals surface area (Å²) < 4.78 is 0. The van der Waals surface area contributed by atoms with Gasteiger partial charge in [0, 0.05) is 32.0 Å². The number of aliphatic hydroxyl groups excluding tert-OH is 1. The second kappa shape index (κ2) is 5.67. The molecule has 3 nitrogen and oxygen atoms in total. The predicted octanol–water partition coefficient (Wildman–Crippen LogP) is 1.80. The van der Waals surface area contributed by atoms with Gasteiger partial charge in [-0.05, 0) is 18.8 Å². The normalized spacial score (nSPS) is 26.6. The summed E-state index contributed by atoms with van der Waals surface area (Å²) in [6.45, 7) is 1.86. The number of hydrogen-bond donors (Lipinski definition) is 1. The SMILES string of the molecule is O=C(CCC1CCCC1)N1CC[C@H](CO)C1. The Morgan fingerprint density at radius 1 is 1.19 bits per heavy atom. The molecule has 2 aliphatic rings. The summed E-state index contributed by atoms with van der Waals surface area (Å²) in [5.74, 6) is 1.44. The summed E-state index contributed by atoms with van der Waals surface area (Å²) in [4.78, 5) is 13.8. The van der Waals surface area contributed by atoms with Gasteiger partial charge >= 0.3 is 0 Å². The highest BCUT2D eigenvalue weighted by Crippen LogP contribution is 2.29. The van der Waals surface area contributed by atoms with E-state index in [1.54, 1.807) is 0 Å². The molecule has 3 heteroatoms. The van der Waals surface area contributed by atoms with E-state index in [1.807, 2.05) is 4.90 Å². The minimum Gasteiger partial charge on any atom is -0.396 e. The first-order valence-electron chi connectivity index (χ1n) is 6.68. The predicted molar refractivity (Wildman–Crippen MR) is 63.0 cm³/mol. The van der Waals surface area contributed by atoms with Crippen molar-refractivity contribution in [3.8, 4) is 0 Å². The zero-order valence-corrected chi connectivity index (χ0v) is 10.0. The van der Waals surface area contributed by atoms with E-state index in [2.05, 4.69) is 0 Å². The maximum absolute atomic E-state index is 11.9. The number of nitrogens with zero attached hydrogens (tertiary/aromatic N) is 1. The van der Waals surface area contributed by atoms with Crippen LogP contribution in [0.15, 0.2) is 0 Å². The largest absolute Gasteiger partial charge is 0.396 e. The van der Waals surface area contributed by atoms with Gasteiger partial charge in [0.2, 0.25) is 5.91 Å². The maximum atomic E-state index is 11.9. The van der Waals surface area contributed by atoms with Gasteiger partial charge in [0.15, 0.2) is 0 Å². The standard InChI is InChI=1S/C13H23NO2/c15-10-12-7-8-14(9-12)13(16)6-5-11-3-1-2-4-11/h11-12,15H,1-10H2/t12-/m0/s1. The zero-order valence-electron chi connectivity index (χ0n) is 10.0. The summed E-state index contributed by atoms with van der Waals surface area (Å²) in [6, 6.07) is 0. The fraction of sp³-hybridized carbons (Fsp3) is 0.923. The lowest BCUT2D eigenvalue weighted by molar-refractivity contribution is -0.130. The first-order valence-corrected chi connectivity index (χ1v) is 6.68. The van der Waals surface area contributed by atoms with Crippen molar-refractivity contribution in [2.75, 3.05) is 19.7 Å². The average molecular weight is 225 g/mol. The third-order valence-electron chi connectivity index (χ3n) is 4.14. The minimum atomic E-state index is 0.229. The van der Waals surface area contributed by atoms with Crippen LogP contribution in [-0.4, -0.2) is 35.6 Å². The number of hydrogen-bond acceptors (Lipinski definition) is 2. The highest BCUT2D eigenvalue weighted by molar-refractivity contribution is 5.76. The Balaban J connectivity index is 1.67. The van der Waals surface area contributed by atoms with Crippen LogP contribution in [0.2, 0.25) is 0 Å². The molecule has 0 aromatic heterocycles. The van der Waals surface area contributed by atoms with Crippen LogP contribution in [0.5, 0.6) is 0 Å². The number of rotatable bonds is 4. The first-order chi connectivity index (χ1) is 7.79. The Labute approximate surface area is 97.8 Å². The van der Waals surface area contributed by atoms with Gasteiger partial charge in [0.25, 0.3) is 0 Å². The van der Waals surface area contributed by atoms with Crippen LogP contribution >= 0.6 is 0 Å². The zero-order chi connectivity index (χ0) is 11.4. The third kappa shape index (κ3) is 2.97. The van der Waals surface area contributed by atoms with Crippen LogP contribution in [0.4, 0.5) is 0 Å². The van der Waals surface area contributed by atoms with Gasteiger partial charge in [-0.1, -0.05) is 25.7 Å². The van der Waals surface area contributed by atoms with Crippen LogP contribution in [0, 0.1) is 11.8 Å². The topological polar surface area (TPSA) is 40.5 Å². The molecule has 16 heavy (non-hydrogen) atoms. The molecule has 1 aliphatic carbocycles. The minimum absolute atomic E-state index is 0.229. The fourth-order valence-corrected chi connectivity index (χ4v) is 2.99. The van der Waals surface area contributed by atoms with Crippen LogP contribution in [0.3, 0.4) is 0 Å². The van der Waals surface area contributed by atoms with Crippen LogP contribution in [0.25, 0.3) is 0 Å². The fourth-order valence-electron chi connectivity index (χ4n) is 2.99. The molecule has 1 amide bonds. The highest BCUT2D eigenvalue weighted by Gasteiger charge is 2.26. The quantitative estimate of drug-likeness (QED) is 0.792. The van der Waals surface area contributed by atoms with Crippen molar-refractivity contribution in [1.29, 1.82) is 0 Å². The molecular formula is C13H23NO2. The number of carbonyl (C=O) groups excluding carboxylic acids is 1. The number of carbonyl (C=O) groups is 1. The Kier molecular flexibility index (Phi) is 4.22. The lowest BCUT2D eigenvalue weighted by Crippen LogP contribution is -2.29. The third-order valence-corrected chi connectivity index (χ3v) is 4.14. The van der Waals surface area contributed by atoms with Gasteiger partial charge < -0.3 is 10.0 Å². The molecule has 1 saturated heterocycles. The molecule has 1 aliphatic heterocycles. The molecule has 1 atom stereocenters. The van der Waals surface area contributed by atoms with Crippen molar-refractivity contribution in [3.05, 3.63) is 0 Å². The van der Waals surface area contributed by atoms with Gasteiger partial charge in [-0.15, -0.1) is 0 Å². The number of aliphatic hydroxyl groups is 1. The molecule has 1 saturated carbocycles. The van der Waals surface area contributed by atoms with E-state index >= 15 is 0 Å². The van der Waals surface area contributed by atoms with E-state index in [0.717, 1.165) is 38.3 Å². The smallest absolute Gasteiger partial charge is 0.222 e. The molecule has 2 rings (SSSR count). The molecule has 0 spiro atoms. The molecular weight excluding hydrogens is 202 g/mol. The maximum Gasteiger partial charge on any atom is 0.222 e. The molecule has 2 fully saturated rings. The second-order valence-electron chi connectivity index (χ2n) is 5.37. The van der Waals surface area contributed by atoms with E-state index in [9.17, 15) is 4.79 Å². The lowest BCUT2D eigenvalue weighted by atomic mass is 10.0. The van der Waals surface area contributed by atoms with Crippen molar-refractivity contribution < 1.29 is 9.90 Å². The van der Waals surface area contributed by atoms with E-state index in [1.165, 1.54) is 25.7 Å². The summed E-state index contributed by atoms with van der Waals surface area (Å²) in [5, 5.41) is 9.03. The van der Waals surface area contributed by atoms with Crippen LogP contribution in [-0.2, 0) is 4.79 Å². The molecule has 0 aromatic carbocycles. The molecule has 1 heterocycles. The number of likely N-dealkylation sites (tertiary alicyclic amines) is 1. The van der Waals surface area contributed by atoms with Crippen molar-refractivity contribution in [1.82, 2.24) is 4.90 Å². The lowest BCUT2D eigenvalue weighted by Gasteiger charge is -2.17. The second-order valence-corrected chi connectivity index (χ2v) is 5.37. The monoisotopic (exact) mass is 225 g/mol. The van der Waals surface area contributed by atoms with Gasteiger partial charge in [0.1, 0.15) is 0 Å². The van der Waals surface area contributed by atoms with Crippen molar-refractivity contribution >= 4 is 5.91 Å². The van der Waals surface area contributed by atoms with E-state index in [-0.39, 0.29) is 6.61 Å². The van der Waals surface area contributed by atoms with Crippen molar-refractivity contribution in [2.24, 2.45) is 11.8 Å². The summed E-state index contributed by atoms with van der Waals surface area (Å²) >= 11 is 0. The van der Waals surface area contributed by atoms with Gasteiger partial charge in [-0.2, -0.15) is 0 Å². The molecule has 92 valence electrons. The Hall–Kier alpha value is -0.570. The summed E-state index contributed by atoms with van der Waals surface area (Å²) in [5.41, 5.74) is 0. The molecule has 0 radical (unpaired) electrons. The summed E-state index contributed by atoms with van der Waals surface area (Å²) in [6.07, 6.45) is 8.15. The molecule has 1 N–H and O–H groups in total. The van der Waals surface area contributed by atoms with Crippen LogP contribution < -0.4 is 0 Å². The van der Waals surface area contributed by atoms with Crippen molar-refractivity contribution in [3.63, 3.8) is 0 Å². The molecule has 0 unspecified atom stereocenters. The van der Waals surface area contributed by atoms with Gasteiger partial charge in [-0.25, -0.2) is 0 Å². The van der Waals surface area contributed by atoms with E-state index < -0.39 is 0 Å². The highest BCUT2D eigenvalue weighted by atomic mass is 16.3. The van der Waals surface area contributed by atoms with Crippen molar-refractivity contribution in [2.45, 2.75) is 44.9 Å². The molecule has 0 aromatic rings. The Morgan fingerprint density at radius 3 is 2.56 bits per heavy atom. The van der Waals surface area contributed by atoms with Gasteiger partial charge in [-0.3, -0.25) is 4.79 Å². The summed E-state index contributed by atoms with van der Waals surface area (Å²) in [7, 11) is 0. The number of amides is 1. The average Bonchev–Trinajstić information content (AvgIpc) is 2.96. The van der Waals surface area contributed by atoms with Crippen LogP contribution in [0.1, 0.15) is 44.9 Å². The van der Waals surface area contributed by atoms with E-state index in [0.29, 0.717) is 11.8 Å². The Morgan fingerprint density at radius 2 is 1.94 bits per heavy atom. The van der Waals surface area contributed by atoms with E-state index in [4.69, 9.17) is 5.11 Å².